The molecular formula is C7H9F3O4. The fourth-order valence-electron chi connectivity index (χ4n) is 1.13. The molecule has 7 heteroatoms. The molecule has 0 aromatic rings. The van der Waals surface area contributed by atoms with E-state index >= 15 is 0 Å². The van der Waals surface area contributed by atoms with Crippen LogP contribution < -0.4 is 0 Å². The molecule has 1 saturated carbocycles. The second kappa shape index (κ2) is 4.14. The molecule has 0 aliphatic heterocycles. The van der Waals surface area contributed by atoms with E-state index in [4.69, 9.17) is 9.84 Å². The first kappa shape index (κ1) is 11.3. The van der Waals surface area contributed by atoms with Crippen LogP contribution in [0, 0.1) is 0 Å². The average molecular weight is 214 g/mol. The Morgan fingerprint density at radius 3 is 2.36 bits per heavy atom. The zero-order chi connectivity index (χ0) is 10.8. The maximum absolute atomic E-state index is 11.6. The molecule has 1 rings (SSSR count). The number of halogens is 3. The van der Waals surface area contributed by atoms with Crippen LogP contribution >= 0.6 is 0 Å². The highest BCUT2D eigenvalue weighted by molar-refractivity contribution is 5.68. The molecule has 0 bridgehead atoms. The van der Waals surface area contributed by atoms with Crippen molar-refractivity contribution in [2.24, 2.45) is 0 Å². The molecule has 82 valence electrons. The molecular weight excluding hydrogens is 205 g/mol. The Hall–Kier alpha value is -0.820. The Bertz CT molecular complexity index is 209. The van der Waals surface area contributed by atoms with Crippen molar-refractivity contribution in [2.75, 3.05) is 6.61 Å². The zero-order valence-electron chi connectivity index (χ0n) is 7.08. The predicted molar refractivity (Wildman–Crippen MR) is 37.5 cm³/mol. The Balaban J connectivity index is 2.09. The molecule has 0 amide bonds. The number of alkyl halides is 3. The second-order valence-electron chi connectivity index (χ2n) is 2.98. The van der Waals surface area contributed by atoms with Crippen LogP contribution in [-0.4, -0.2) is 36.3 Å². The SMILES string of the molecule is O=C(O)CO[C@H]1C[C@@H](OC(F)(F)F)C1. The van der Waals surface area contributed by atoms with E-state index in [1.54, 1.807) is 0 Å². The molecule has 1 aliphatic carbocycles. The summed E-state index contributed by atoms with van der Waals surface area (Å²) in [5.41, 5.74) is 0. The Morgan fingerprint density at radius 2 is 1.93 bits per heavy atom. The first-order valence-electron chi connectivity index (χ1n) is 3.95. The first-order valence-corrected chi connectivity index (χ1v) is 3.95. The van der Waals surface area contributed by atoms with Crippen molar-refractivity contribution in [3.8, 4) is 0 Å². The Kier molecular flexibility index (Phi) is 3.33. The molecule has 0 saturated heterocycles. The van der Waals surface area contributed by atoms with Crippen molar-refractivity contribution in [1.29, 1.82) is 0 Å². The van der Waals surface area contributed by atoms with Crippen molar-refractivity contribution in [2.45, 2.75) is 31.4 Å². The fraction of sp³-hybridized carbons (Fsp3) is 0.857. The van der Waals surface area contributed by atoms with Gasteiger partial charge in [-0.15, -0.1) is 13.2 Å². The van der Waals surface area contributed by atoms with Crippen molar-refractivity contribution >= 4 is 5.97 Å². The minimum Gasteiger partial charge on any atom is -0.480 e. The highest BCUT2D eigenvalue weighted by Crippen LogP contribution is 2.31. The maximum atomic E-state index is 11.6. The largest absolute Gasteiger partial charge is 0.522 e. The molecule has 0 aromatic carbocycles. The van der Waals surface area contributed by atoms with E-state index in [2.05, 4.69) is 4.74 Å². The highest BCUT2D eigenvalue weighted by Gasteiger charge is 2.40. The van der Waals surface area contributed by atoms with Gasteiger partial charge < -0.3 is 9.84 Å². The summed E-state index contributed by atoms with van der Waals surface area (Å²) >= 11 is 0. The third-order valence-corrected chi connectivity index (χ3v) is 1.79. The van der Waals surface area contributed by atoms with Gasteiger partial charge in [-0.1, -0.05) is 0 Å². The van der Waals surface area contributed by atoms with Gasteiger partial charge in [-0.25, -0.2) is 4.79 Å². The summed E-state index contributed by atoms with van der Waals surface area (Å²) in [7, 11) is 0. The van der Waals surface area contributed by atoms with Gasteiger partial charge in [-0.3, -0.25) is 4.74 Å². The molecule has 0 spiro atoms. The Labute approximate surface area is 77.6 Å². The summed E-state index contributed by atoms with van der Waals surface area (Å²) in [6.07, 6.45) is -5.77. The van der Waals surface area contributed by atoms with Crippen LogP contribution in [0.15, 0.2) is 0 Å². The van der Waals surface area contributed by atoms with Gasteiger partial charge in [-0.05, 0) is 0 Å². The van der Waals surface area contributed by atoms with E-state index < -0.39 is 31.1 Å². The predicted octanol–water partition coefficient (Wildman–Crippen LogP) is 1.15. The molecule has 0 unspecified atom stereocenters. The molecule has 4 nitrogen and oxygen atoms in total. The van der Waals surface area contributed by atoms with Gasteiger partial charge in [0, 0.05) is 12.8 Å². The summed E-state index contributed by atoms with van der Waals surface area (Å²) in [5, 5.41) is 8.20. The number of aliphatic carboxylic acids is 1. The monoisotopic (exact) mass is 214 g/mol. The minimum absolute atomic E-state index is 0.0901. The lowest BCUT2D eigenvalue weighted by Gasteiger charge is -2.34. The third-order valence-electron chi connectivity index (χ3n) is 1.79. The normalized spacial score (nSPS) is 27.1. The van der Waals surface area contributed by atoms with E-state index in [0.29, 0.717) is 0 Å². The third kappa shape index (κ3) is 3.93. The van der Waals surface area contributed by atoms with E-state index in [0.717, 1.165) is 0 Å². The lowest BCUT2D eigenvalue weighted by Crippen LogP contribution is -2.41. The number of carboxylic acid groups (broad SMARTS) is 1. The molecule has 1 fully saturated rings. The molecule has 0 heterocycles. The van der Waals surface area contributed by atoms with Crippen molar-refractivity contribution in [1.82, 2.24) is 0 Å². The smallest absolute Gasteiger partial charge is 0.480 e. The summed E-state index contributed by atoms with van der Waals surface area (Å²) in [5.74, 6) is -1.13. The van der Waals surface area contributed by atoms with Gasteiger partial charge in [-0.2, -0.15) is 0 Å². The number of ether oxygens (including phenoxy) is 2. The molecule has 0 radical (unpaired) electrons. The average Bonchev–Trinajstić information content (AvgIpc) is 1.90. The van der Waals surface area contributed by atoms with Gasteiger partial charge in [0.1, 0.15) is 6.61 Å². The first-order chi connectivity index (χ1) is 6.37. The molecule has 14 heavy (non-hydrogen) atoms. The van der Waals surface area contributed by atoms with Crippen LogP contribution in [0.1, 0.15) is 12.8 Å². The van der Waals surface area contributed by atoms with Crippen LogP contribution in [0.3, 0.4) is 0 Å². The van der Waals surface area contributed by atoms with Gasteiger partial charge >= 0.3 is 12.3 Å². The van der Waals surface area contributed by atoms with Crippen molar-refractivity contribution < 1.29 is 32.5 Å². The standard InChI is InChI=1S/C7H9F3O4/c8-7(9,10)14-5-1-4(2-5)13-3-6(11)12/h4-5H,1-3H2,(H,11,12)/t4-,5+. The molecule has 0 atom stereocenters. The molecule has 0 aromatic heterocycles. The minimum atomic E-state index is -4.62. The van der Waals surface area contributed by atoms with Gasteiger partial charge in [0.2, 0.25) is 0 Å². The lowest BCUT2D eigenvalue weighted by molar-refractivity contribution is -0.357. The topological polar surface area (TPSA) is 55.8 Å². The summed E-state index contributed by atoms with van der Waals surface area (Å²) < 4.78 is 43.3. The number of carboxylic acids is 1. The van der Waals surface area contributed by atoms with Gasteiger partial charge in [0.05, 0.1) is 12.2 Å². The quantitative estimate of drug-likeness (QED) is 0.762. The van der Waals surface area contributed by atoms with Crippen LogP contribution in [0.25, 0.3) is 0 Å². The molecule has 1 N–H and O–H groups in total. The maximum Gasteiger partial charge on any atom is 0.522 e. The van der Waals surface area contributed by atoms with Gasteiger partial charge in [0.25, 0.3) is 0 Å². The van der Waals surface area contributed by atoms with Crippen LogP contribution in [0.5, 0.6) is 0 Å². The number of hydrogen-bond acceptors (Lipinski definition) is 3. The van der Waals surface area contributed by atoms with Crippen LogP contribution in [0.4, 0.5) is 13.2 Å². The van der Waals surface area contributed by atoms with Gasteiger partial charge in [0.15, 0.2) is 0 Å². The Morgan fingerprint density at radius 1 is 1.36 bits per heavy atom. The summed E-state index contributed by atoms with van der Waals surface area (Å²) in [4.78, 5) is 10.0. The number of hydrogen-bond donors (Lipinski definition) is 1. The van der Waals surface area contributed by atoms with E-state index in [1.807, 2.05) is 0 Å². The second-order valence-corrected chi connectivity index (χ2v) is 2.98. The van der Waals surface area contributed by atoms with Crippen molar-refractivity contribution in [3.63, 3.8) is 0 Å². The van der Waals surface area contributed by atoms with Crippen LogP contribution in [0.2, 0.25) is 0 Å². The van der Waals surface area contributed by atoms with E-state index in [9.17, 15) is 18.0 Å². The summed E-state index contributed by atoms with van der Waals surface area (Å²) in [6, 6.07) is 0. The number of carbonyl (C=O) groups is 1. The fourth-order valence-corrected chi connectivity index (χ4v) is 1.13. The van der Waals surface area contributed by atoms with Crippen LogP contribution in [-0.2, 0) is 14.3 Å². The van der Waals surface area contributed by atoms with E-state index in [-0.39, 0.29) is 12.8 Å². The molecule has 1 aliphatic rings. The zero-order valence-corrected chi connectivity index (χ0v) is 7.08. The lowest BCUT2D eigenvalue weighted by atomic mass is 9.92. The van der Waals surface area contributed by atoms with Crippen molar-refractivity contribution in [3.05, 3.63) is 0 Å². The number of rotatable bonds is 4. The van der Waals surface area contributed by atoms with E-state index in [1.165, 1.54) is 0 Å². The highest BCUT2D eigenvalue weighted by atomic mass is 19.4. The summed E-state index contributed by atoms with van der Waals surface area (Å²) in [6.45, 7) is -0.483.